The minimum atomic E-state index is 0.600. The number of anilines is 1. The number of thiazole rings is 1. The number of H-pyrrole nitrogens is 1. The maximum absolute atomic E-state index is 5.88. The van der Waals surface area contributed by atoms with Crippen LogP contribution in [0.3, 0.4) is 0 Å². The highest BCUT2D eigenvalue weighted by atomic mass is 32.1. The van der Waals surface area contributed by atoms with E-state index >= 15 is 0 Å². The zero-order chi connectivity index (χ0) is 18.2. The molecule has 0 amide bonds. The zero-order valence-corrected chi connectivity index (χ0v) is 15.6. The van der Waals surface area contributed by atoms with Crippen LogP contribution in [-0.2, 0) is 0 Å². The third-order valence-corrected chi connectivity index (χ3v) is 5.80. The maximum atomic E-state index is 5.88. The molecule has 0 atom stereocenters. The van der Waals surface area contributed by atoms with E-state index in [1.165, 1.54) is 29.8 Å². The minimum Gasteiger partial charge on any atom is -0.375 e. The summed E-state index contributed by atoms with van der Waals surface area (Å²) in [7, 11) is 0. The van der Waals surface area contributed by atoms with Crippen molar-refractivity contribution in [2.45, 2.75) is 25.7 Å². The molecule has 0 fully saturated rings. The summed E-state index contributed by atoms with van der Waals surface area (Å²) in [4.78, 5) is 9.50. The number of fused-ring (bicyclic) bond motifs is 2. The maximum Gasteiger partial charge on any atom is 0.181 e. The Balaban J connectivity index is 1.65. The first-order valence-corrected chi connectivity index (χ1v) is 9.95. The van der Waals surface area contributed by atoms with Gasteiger partial charge in [0.05, 0.1) is 33.3 Å². The number of nitrogens with zero attached hydrogens (tertiary/aromatic N) is 3. The van der Waals surface area contributed by atoms with Crippen molar-refractivity contribution in [3.8, 4) is 0 Å². The van der Waals surface area contributed by atoms with Gasteiger partial charge in [0, 0.05) is 10.9 Å². The Labute approximate surface area is 160 Å². The second kappa shape index (κ2) is 6.63. The zero-order valence-electron chi connectivity index (χ0n) is 14.8. The molecule has 2 heterocycles. The number of hydrogen-bond donors (Lipinski definition) is 2. The number of aromatic amines is 1. The number of benzene rings is 2. The molecular formula is C21H19N5S. The molecule has 0 aliphatic heterocycles. The Morgan fingerprint density at radius 2 is 2.11 bits per heavy atom. The van der Waals surface area contributed by atoms with Crippen molar-refractivity contribution in [1.29, 1.82) is 0 Å². The van der Waals surface area contributed by atoms with E-state index in [0.29, 0.717) is 5.13 Å². The summed E-state index contributed by atoms with van der Waals surface area (Å²) in [5, 5.41) is 8.76. The van der Waals surface area contributed by atoms with E-state index in [0.717, 1.165) is 50.9 Å². The van der Waals surface area contributed by atoms with Crippen LogP contribution >= 0.6 is 11.3 Å². The summed E-state index contributed by atoms with van der Waals surface area (Å²) in [6.45, 7) is 0. The van der Waals surface area contributed by atoms with Crippen LogP contribution in [0, 0.1) is 0 Å². The van der Waals surface area contributed by atoms with Gasteiger partial charge in [-0.15, -0.1) is 0 Å². The molecule has 2 aromatic heterocycles. The van der Waals surface area contributed by atoms with Crippen LogP contribution in [0.1, 0.15) is 31.2 Å². The van der Waals surface area contributed by atoms with E-state index in [4.69, 9.17) is 10.7 Å². The van der Waals surface area contributed by atoms with Gasteiger partial charge in [-0.1, -0.05) is 23.5 Å². The van der Waals surface area contributed by atoms with Crippen molar-refractivity contribution in [1.82, 2.24) is 15.2 Å². The standard InChI is InChI=1S/C21H19N5S/c22-21-25-18-11-14(6-9-19(18)27-21)20(13-4-2-1-3-5-13)24-16-7-8-17-15(10-16)12-23-26-17/h4,6-12H,1-3,5H2,(H2,22,25)(H,23,26)/b24-20+. The van der Waals surface area contributed by atoms with Gasteiger partial charge < -0.3 is 5.73 Å². The summed E-state index contributed by atoms with van der Waals surface area (Å²) in [5.41, 5.74) is 12.2. The third kappa shape index (κ3) is 3.13. The van der Waals surface area contributed by atoms with Crippen molar-refractivity contribution in [3.63, 3.8) is 0 Å². The summed E-state index contributed by atoms with van der Waals surface area (Å²) in [6.07, 6.45) is 8.79. The molecule has 0 saturated heterocycles. The molecule has 4 aromatic rings. The minimum absolute atomic E-state index is 0.600. The van der Waals surface area contributed by atoms with Gasteiger partial charge in [0.25, 0.3) is 0 Å². The number of rotatable bonds is 3. The molecule has 0 saturated carbocycles. The average Bonchev–Trinajstić information content (AvgIpc) is 3.31. The molecule has 2 aromatic carbocycles. The topological polar surface area (TPSA) is 80.0 Å². The molecule has 3 N–H and O–H groups in total. The van der Waals surface area contributed by atoms with E-state index in [1.807, 2.05) is 18.3 Å². The van der Waals surface area contributed by atoms with Crippen molar-refractivity contribution in [3.05, 3.63) is 59.8 Å². The van der Waals surface area contributed by atoms with E-state index in [2.05, 4.69) is 45.5 Å². The van der Waals surface area contributed by atoms with Crippen LogP contribution in [0.2, 0.25) is 0 Å². The lowest BCUT2D eigenvalue weighted by atomic mass is 9.92. The SMILES string of the molecule is Nc1nc2cc(/C(=N/c3ccc4[nH]ncc4c3)C3=CCCCC3)ccc2s1. The number of aliphatic imine (C=N–C) groups is 1. The number of nitrogens with one attached hydrogen (secondary N) is 1. The molecule has 0 spiro atoms. The van der Waals surface area contributed by atoms with Crippen LogP contribution in [0.4, 0.5) is 10.8 Å². The van der Waals surface area contributed by atoms with E-state index in [1.54, 1.807) is 0 Å². The monoisotopic (exact) mass is 373 g/mol. The van der Waals surface area contributed by atoms with E-state index in [9.17, 15) is 0 Å². The Morgan fingerprint density at radius 1 is 1.15 bits per heavy atom. The molecule has 1 aliphatic rings. The van der Waals surface area contributed by atoms with Gasteiger partial charge in [-0.25, -0.2) is 9.98 Å². The first-order valence-electron chi connectivity index (χ1n) is 9.14. The number of nitrogens with two attached hydrogens (primary N) is 1. The molecular weight excluding hydrogens is 354 g/mol. The second-order valence-electron chi connectivity index (χ2n) is 6.81. The Kier molecular flexibility index (Phi) is 3.98. The van der Waals surface area contributed by atoms with Crippen LogP contribution in [0.5, 0.6) is 0 Å². The molecule has 5 nitrogen and oxygen atoms in total. The lowest BCUT2D eigenvalue weighted by Crippen LogP contribution is -2.08. The highest BCUT2D eigenvalue weighted by molar-refractivity contribution is 7.22. The van der Waals surface area contributed by atoms with E-state index < -0.39 is 0 Å². The van der Waals surface area contributed by atoms with Gasteiger partial charge in [-0.3, -0.25) is 5.10 Å². The fourth-order valence-electron chi connectivity index (χ4n) is 3.60. The first-order chi connectivity index (χ1) is 13.3. The molecule has 0 radical (unpaired) electrons. The van der Waals surface area contributed by atoms with Crippen LogP contribution < -0.4 is 5.73 Å². The highest BCUT2D eigenvalue weighted by Crippen LogP contribution is 2.29. The number of aromatic nitrogens is 3. The number of nitrogen functional groups attached to an aromatic ring is 1. The lowest BCUT2D eigenvalue weighted by Gasteiger charge is -2.16. The molecule has 1 aliphatic carbocycles. The molecule has 0 unspecified atom stereocenters. The largest absolute Gasteiger partial charge is 0.375 e. The normalized spacial score (nSPS) is 15.4. The summed E-state index contributed by atoms with van der Waals surface area (Å²) < 4.78 is 1.10. The van der Waals surface area contributed by atoms with Crippen molar-refractivity contribution < 1.29 is 0 Å². The lowest BCUT2D eigenvalue weighted by molar-refractivity contribution is 0.717. The van der Waals surface area contributed by atoms with Gasteiger partial charge in [0.1, 0.15) is 0 Å². The van der Waals surface area contributed by atoms with Crippen LogP contribution in [0.15, 0.2) is 59.2 Å². The number of allylic oxidation sites excluding steroid dienone is 2. The molecule has 5 rings (SSSR count). The van der Waals surface area contributed by atoms with Gasteiger partial charge in [0.15, 0.2) is 5.13 Å². The first kappa shape index (κ1) is 16.2. The third-order valence-electron chi connectivity index (χ3n) is 4.94. The predicted molar refractivity (Wildman–Crippen MR) is 113 cm³/mol. The summed E-state index contributed by atoms with van der Waals surface area (Å²) >= 11 is 1.52. The molecule has 6 heteroatoms. The molecule has 134 valence electrons. The van der Waals surface area contributed by atoms with Gasteiger partial charge >= 0.3 is 0 Å². The predicted octanol–water partition coefficient (Wildman–Crippen LogP) is 5.38. The smallest absolute Gasteiger partial charge is 0.181 e. The van der Waals surface area contributed by atoms with Gasteiger partial charge in [-0.2, -0.15) is 5.10 Å². The van der Waals surface area contributed by atoms with E-state index in [-0.39, 0.29) is 0 Å². The highest BCUT2D eigenvalue weighted by Gasteiger charge is 2.15. The quantitative estimate of drug-likeness (QED) is 0.473. The van der Waals surface area contributed by atoms with Crippen molar-refractivity contribution in [2.75, 3.05) is 5.73 Å². The Bertz CT molecular complexity index is 1200. The Morgan fingerprint density at radius 3 is 3.00 bits per heavy atom. The second-order valence-corrected chi connectivity index (χ2v) is 7.87. The molecule has 0 bridgehead atoms. The Hall–Kier alpha value is -2.99. The summed E-state index contributed by atoms with van der Waals surface area (Å²) in [5.74, 6) is 0. The fraction of sp³-hybridized carbons (Fsp3) is 0.190. The van der Waals surface area contributed by atoms with Crippen LogP contribution in [0.25, 0.3) is 21.1 Å². The fourth-order valence-corrected chi connectivity index (χ4v) is 4.31. The molecule has 27 heavy (non-hydrogen) atoms. The average molecular weight is 373 g/mol. The van der Waals surface area contributed by atoms with Gasteiger partial charge in [-0.05, 0) is 61.6 Å². The number of hydrogen-bond acceptors (Lipinski definition) is 5. The van der Waals surface area contributed by atoms with Crippen LogP contribution in [-0.4, -0.2) is 20.9 Å². The van der Waals surface area contributed by atoms with Crippen molar-refractivity contribution in [2.24, 2.45) is 4.99 Å². The van der Waals surface area contributed by atoms with Gasteiger partial charge in [0.2, 0.25) is 0 Å². The van der Waals surface area contributed by atoms with Crippen molar-refractivity contribution >= 4 is 49.0 Å². The summed E-state index contributed by atoms with van der Waals surface area (Å²) in [6, 6.07) is 12.5.